The Hall–Kier alpha value is -0.100. The monoisotopic (exact) mass is 420 g/mol. The average Bonchev–Trinajstić information content (AvgIpc) is 2.20. The predicted molar refractivity (Wildman–Crippen MR) is 82.0 cm³/mol. The molecule has 0 radical (unpaired) electrons. The summed E-state index contributed by atoms with van der Waals surface area (Å²) in [5, 5.41) is 0. The number of hydrogen-bond acceptors (Lipinski definition) is 0. The van der Waals surface area contributed by atoms with Crippen molar-refractivity contribution in [1.82, 2.24) is 0 Å². The fraction of sp³-hybridized carbons (Fsp3) is 0.0769. The molecule has 0 unspecified atom stereocenters. The van der Waals surface area contributed by atoms with Gasteiger partial charge in [0.15, 0.2) is 0 Å². The molecule has 0 saturated heterocycles. The molecule has 0 nitrogen and oxygen atoms in total. The van der Waals surface area contributed by atoms with E-state index >= 15 is 0 Å². The first-order valence-electron chi connectivity index (χ1n) is 4.69. The first kappa shape index (κ1) is 11.4. The zero-order chi connectivity index (χ0) is 10.8. The lowest BCUT2D eigenvalue weighted by Gasteiger charge is -2.05. The maximum absolute atomic E-state index is 2.39. The third kappa shape index (κ3) is 2.72. The van der Waals surface area contributed by atoms with Crippen LogP contribution in [-0.4, -0.2) is 0 Å². The van der Waals surface area contributed by atoms with E-state index < -0.39 is 0 Å². The van der Waals surface area contributed by atoms with Crippen LogP contribution < -0.4 is 0 Å². The van der Waals surface area contributed by atoms with Crippen LogP contribution in [0.3, 0.4) is 0 Å². The van der Waals surface area contributed by atoms with E-state index in [0.29, 0.717) is 0 Å². The zero-order valence-corrected chi connectivity index (χ0v) is 12.6. The molecule has 0 aromatic heterocycles. The molecular formula is C13H10I2. The summed E-state index contributed by atoms with van der Waals surface area (Å²) in [6, 6.07) is 15.2. The van der Waals surface area contributed by atoms with Gasteiger partial charge in [0.25, 0.3) is 0 Å². The van der Waals surface area contributed by atoms with Gasteiger partial charge in [-0.2, -0.15) is 0 Å². The fourth-order valence-electron chi connectivity index (χ4n) is 1.46. The lowest BCUT2D eigenvalue weighted by molar-refractivity contribution is 1.46. The van der Waals surface area contributed by atoms with Gasteiger partial charge in [-0.3, -0.25) is 0 Å². The smallest absolute Gasteiger partial charge is 0.0219 e. The topological polar surface area (TPSA) is 0 Å². The highest BCUT2D eigenvalue weighted by Crippen LogP contribution is 2.26. The summed E-state index contributed by atoms with van der Waals surface area (Å²) in [7, 11) is 0. The zero-order valence-electron chi connectivity index (χ0n) is 8.30. The Balaban J connectivity index is 2.49. The number of halogens is 2. The first-order chi connectivity index (χ1) is 7.16. The van der Waals surface area contributed by atoms with Gasteiger partial charge in [0.1, 0.15) is 0 Å². The molecule has 0 fully saturated rings. The summed E-state index contributed by atoms with van der Waals surface area (Å²) in [6.07, 6.45) is 0. The van der Waals surface area contributed by atoms with E-state index in [4.69, 9.17) is 0 Å². The second-order valence-electron chi connectivity index (χ2n) is 3.49. The highest BCUT2D eigenvalue weighted by molar-refractivity contribution is 14.1. The van der Waals surface area contributed by atoms with E-state index in [1.165, 1.54) is 23.8 Å². The van der Waals surface area contributed by atoms with Crippen LogP contribution in [0, 0.1) is 14.1 Å². The lowest BCUT2D eigenvalue weighted by Crippen LogP contribution is -1.84. The van der Waals surface area contributed by atoms with Gasteiger partial charge in [0.05, 0.1) is 0 Å². The van der Waals surface area contributed by atoms with Gasteiger partial charge in [-0.05, 0) is 75.4 Å². The Labute approximate surface area is 117 Å². The van der Waals surface area contributed by atoms with Gasteiger partial charge in [-0.1, -0.05) is 35.9 Å². The van der Waals surface area contributed by atoms with Gasteiger partial charge in [-0.25, -0.2) is 0 Å². The standard InChI is InChI=1S/C13H10I2/c1-9-2-4-10(5-3-9)12-7-6-11(14)8-13(12)15/h2-8H,1H3. The van der Waals surface area contributed by atoms with Gasteiger partial charge >= 0.3 is 0 Å². The highest BCUT2D eigenvalue weighted by atomic mass is 127. The summed E-state index contributed by atoms with van der Waals surface area (Å²) in [4.78, 5) is 0. The van der Waals surface area contributed by atoms with Crippen molar-refractivity contribution in [3.8, 4) is 11.1 Å². The molecule has 76 valence electrons. The molecule has 0 spiro atoms. The average molecular weight is 420 g/mol. The van der Waals surface area contributed by atoms with Crippen LogP contribution in [0.4, 0.5) is 0 Å². The summed E-state index contributed by atoms with van der Waals surface area (Å²) in [6.45, 7) is 2.11. The van der Waals surface area contributed by atoms with Crippen LogP contribution in [0.2, 0.25) is 0 Å². The molecule has 15 heavy (non-hydrogen) atoms. The molecule has 0 bridgehead atoms. The van der Waals surface area contributed by atoms with E-state index in [-0.39, 0.29) is 0 Å². The van der Waals surface area contributed by atoms with Crippen molar-refractivity contribution in [3.63, 3.8) is 0 Å². The molecule has 0 aliphatic heterocycles. The molecule has 2 rings (SSSR count). The molecule has 2 heteroatoms. The lowest BCUT2D eigenvalue weighted by atomic mass is 10.0. The Morgan fingerprint density at radius 3 is 2.13 bits per heavy atom. The minimum atomic E-state index is 1.29. The first-order valence-corrected chi connectivity index (χ1v) is 6.84. The minimum absolute atomic E-state index is 1.29. The van der Waals surface area contributed by atoms with E-state index in [1.54, 1.807) is 0 Å². The SMILES string of the molecule is Cc1ccc(-c2ccc(I)cc2I)cc1. The largest absolute Gasteiger partial charge is 0.0587 e. The molecule has 0 N–H and O–H groups in total. The fourth-order valence-corrected chi connectivity index (χ4v) is 3.37. The molecule has 2 aromatic rings. The minimum Gasteiger partial charge on any atom is -0.0587 e. The van der Waals surface area contributed by atoms with E-state index in [2.05, 4.69) is 94.6 Å². The van der Waals surface area contributed by atoms with Gasteiger partial charge in [-0.15, -0.1) is 0 Å². The second-order valence-corrected chi connectivity index (χ2v) is 5.90. The number of rotatable bonds is 1. The summed E-state index contributed by atoms with van der Waals surface area (Å²) >= 11 is 4.74. The van der Waals surface area contributed by atoms with Crippen molar-refractivity contribution < 1.29 is 0 Å². The van der Waals surface area contributed by atoms with Gasteiger partial charge in [0, 0.05) is 7.14 Å². The van der Waals surface area contributed by atoms with Crippen LogP contribution in [0.25, 0.3) is 11.1 Å². The molecule has 0 amide bonds. The van der Waals surface area contributed by atoms with Crippen molar-refractivity contribution in [2.45, 2.75) is 6.92 Å². The third-order valence-corrected chi connectivity index (χ3v) is 3.86. The summed E-state index contributed by atoms with van der Waals surface area (Å²) in [5.74, 6) is 0. The number of aryl methyl sites for hydroxylation is 1. The van der Waals surface area contributed by atoms with Crippen LogP contribution in [0.5, 0.6) is 0 Å². The van der Waals surface area contributed by atoms with E-state index in [9.17, 15) is 0 Å². The van der Waals surface area contributed by atoms with Crippen molar-refractivity contribution in [1.29, 1.82) is 0 Å². The maximum atomic E-state index is 2.39. The van der Waals surface area contributed by atoms with Crippen molar-refractivity contribution >= 4 is 45.2 Å². The quantitative estimate of drug-likeness (QED) is 0.578. The van der Waals surface area contributed by atoms with Crippen molar-refractivity contribution in [3.05, 3.63) is 55.2 Å². The van der Waals surface area contributed by atoms with E-state index in [0.717, 1.165) is 0 Å². The maximum Gasteiger partial charge on any atom is 0.0219 e. The molecule has 0 aliphatic rings. The summed E-state index contributed by atoms with van der Waals surface area (Å²) < 4.78 is 2.59. The van der Waals surface area contributed by atoms with Crippen LogP contribution >= 0.6 is 45.2 Å². The van der Waals surface area contributed by atoms with Crippen LogP contribution in [0.15, 0.2) is 42.5 Å². The number of hydrogen-bond donors (Lipinski definition) is 0. The number of benzene rings is 2. The molecular weight excluding hydrogens is 410 g/mol. The van der Waals surface area contributed by atoms with E-state index in [1.807, 2.05) is 0 Å². The Kier molecular flexibility index (Phi) is 3.66. The van der Waals surface area contributed by atoms with Crippen LogP contribution in [-0.2, 0) is 0 Å². The Bertz CT molecular complexity index is 472. The van der Waals surface area contributed by atoms with Crippen LogP contribution in [0.1, 0.15) is 5.56 Å². The molecule has 0 heterocycles. The Morgan fingerprint density at radius 2 is 1.53 bits per heavy atom. The summed E-state index contributed by atoms with van der Waals surface area (Å²) in [5.41, 5.74) is 3.91. The highest BCUT2D eigenvalue weighted by Gasteiger charge is 2.02. The van der Waals surface area contributed by atoms with Crippen molar-refractivity contribution in [2.24, 2.45) is 0 Å². The third-order valence-electron chi connectivity index (χ3n) is 2.29. The second kappa shape index (κ2) is 4.82. The predicted octanol–water partition coefficient (Wildman–Crippen LogP) is 4.87. The van der Waals surface area contributed by atoms with Gasteiger partial charge < -0.3 is 0 Å². The molecule has 0 atom stereocenters. The van der Waals surface area contributed by atoms with Gasteiger partial charge in [0.2, 0.25) is 0 Å². The molecule has 0 aliphatic carbocycles. The molecule has 0 saturated carbocycles. The Morgan fingerprint density at radius 1 is 0.867 bits per heavy atom. The van der Waals surface area contributed by atoms with Crippen molar-refractivity contribution in [2.75, 3.05) is 0 Å². The normalized spacial score (nSPS) is 10.3. The molecule has 2 aromatic carbocycles.